The maximum absolute atomic E-state index is 12.9. The van der Waals surface area contributed by atoms with Gasteiger partial charge in [-0.05, 0) is 48.1 Å². The van der Waals surface area contributed by atoms with Crippen molar-refractivity contribution < 1.29 is 19.0 Å². The van der Waals surface area contributed by atoms with Gasteiger partial charge in [-0.2, -0.15) is 0 Å². The van der Waals surface area contributed by atoms with Gasteiger partial charge in [0.25, 0.3) is 5.91 Å². The van der Waals surface area contributed by atoms with Crippen molar-refractivity contribution in [2.45, 2.75) is 25.5 Å². The van der Waals surface area contributed by atoms with Gasteiger partial charge in [-0.15, -0.1) is 0 Å². The average molecular weight is 353 g/mol. The molecular weight excluding hydrogens is 330 g/mol. The van der Waals surface area contributed by atoms with Crippen LogP contribution in [-0.2, 0) is 11.3 Å². The monoisotopic (exact) mass is 353 g/mol. The van der Waals surface area contributed by atoms with Crippen molar-refractivity contribution in [3.05, 3.63) is 59.2 Å². The van der Waals surface area contributed by atoms with E-state index in [0.29, 0.717) is 31.3 Å². The molecule has 5 heteroatoms. The number of ether oxygens (including phenoxy) is 3. The SMILES string of the molecule is COCc1ccccc1C(=O)N[C@@H](c1ccc2c(c1)OCCO2)C1CC1. The molecule has 26 heavy (non-hydrogen) atoms. The van der Waals surface area contributed by atoms with E-state index in [1.165, 1.54) is 0 Å². The Morgan fingerprint density at radius 2 is 1.92 bits per heavy atom. The van der Waals surface area contributed by atoms with Gasteiger partial charge in [-0.25, -0.2) is 0 Å². The van der Waals surface area contributed by atoms with Crippen LogP contribution in [0.2, 0.25) is 0 Å². The molecule has 1 aliphatic heterocycles. The van der Waals surface area contributed by atoms with E-state index in [2.05, 4.69) is 5.32 Å². The molecule has 1 N–H and O–H groups in total. The van der Waals surface area contributed by atoms with Gasteiger partial charge in [0.2, 0.25) is 0 Å². The average Bonchev–Trinajstić information content (AvgIpc) is 3.51. The standard InChI is InChI=1S/C21H23NO4/c1-24-13-16-4-2-3-5-17(16)21(23)22-20(14-6-7-14)15-8-9-18-19(12-15)26-11-10-25-18/h2-5,8-9,12,14,20H,6-7,10-11,13H2,1H3,(H,22,23)/t20-/m1/s1. The van der Waals surface area contributed by atoms with Crippen LogP contribution in [0.4, 0.5) is 0 Å². The van der Waals surface area contributed by atoms with Crippen LogP contribution in [0, 0.1) is 5.92 Å². The number of hydrogen-bond donors (Lipinski definition) is 1. The predicted octanol–water partition coefficient (Wildman–Crippen LogP) is 3.49. The van der Waals surface area contributed by atoms with E-state index in [1.807, 2.05) is 42.5 Å². The van der Waals surface area contributed by atoms with Crippen LogP contribution in [0.25, 0.3) is 0 Å². The van der Waals surface area contributed by atoms with E-state index < -0.39 is 0 Å². The van der Waals surface area contributed by atoms with Crippen molar-refractivity contribution in [2.24, 2.45) is 5.92 Å². The molecule has 0 aromatic heterocycles. The van der Waals surface area contributed by atoms with Crippen LogP contribution in [0.3, 0.4) is 0 Å². The van der Waals surface area contributed by atoms with Crippen LogP contribution in [0.1, 0.15) is 40.4 Å². The van der Waals surface area contributed by atoms with Crippen LogP contribution in [0.5, 0.6) is 11.5 Å². The summed E-state index contributed by atoms with van der Waals surface area (Å²) in [5.74, 6) is 1.93. The Hall–Kier alpha value is -2.53. The Labute approximate surface area is 153 Å². The molecule has 5 nitrogen and oxygen atoms in total. The third kappa shape index (κ3) is 3.53. The highest BCUT2D eigenvalue weighted by Crippen LogP contribution is 2.43. The number of nitrogens with one attached hydrogen (secondary N) is 1. The molecule has 2 aromatic rings. The molecule has 0 saturated heterocycles. The van der Waals surface area contributed by atoms with Crippen molar-refractivity contribution in [1.29, 1.82) is 0 Å². The number of fused-ring (bicyclic) bond motifs is 1. The second kappa shape index (κ2) is 7.38. The van der Waals surface area contributed by atoms with E-state index in [0.717, 1.165) is 35.5 Å². The fourth-order valence-electron chi connectivity index (χ4n) is 3.40. The highest BCUT2D eigenvalue weighted by molar-refractivity contribution is 5.96. The lowest BCUT2D eigenvalue weighted by Crippen LogP contribution is -2.30. The fraction of sp³-hybridized carbons (Fsp3) is 0.381. The van der Waals surface area contributed by atoms with Crippen molar-refractivity contribution >= 4 is 5.91 Å². The molecule has 2 aliphatic rings. The van der Waals surface area contributed by atoms with Crippen molar-refractivity contribution in [1.82, 2.24) is 5.32 Å². The maximum Gasteiger partial charge on any atom is 0.252 e. The lowest BCUT2D eigenvalue weighted by Gasteiger charge is -2.23. The van der Waals surface area contributed by atoms with Gasteiger partial charge in [0, 0.05) is 12.7 Å². The van der Waals surface area contributed by atoms with Gasteiger partial charge in [0.15, 0.2) is 11.5 Å². The minimum Gasteiger partial charge on any atom is -0.486 e. The van der Waals surface area contributed by atoms with E-state index in [-0.39, 0.29) is 11.9 Å². The minimum atomic E-state index is -0.0653. The van der Waals surface area contributed by atoms with Gasteiger partial charge >= 0.3 is 0 Å². The molecule has 1 saturated carbocycles. The first-order chi connectivity index (χ1) is 12.8. The molecular formula is C21H23NO4. The van der Waals surface area contributed by atoms with E-state index >= 15 is 0 Å². The van der Waals surface area contributed by atoms with E-state index in [9.17, 15) is 4.79 Å². The van der Waals surface area contributed by atoms with Gasteiger partial charge in [-0.3, -0.25) is 4.79 Å². The molecule has 4 rings (SSSR count). The number of rotatable bonds is 6. The molecule has 0 spiro atoms. The van der Waals surface area contributed by atoms with Crippen LogP contribution in [-0.4, -0.2) is 26.2 Å². The zero-order valence-electron chi connectivity index (χ0n) is 14.9. The molecule has 1 heterocycles. The number of hydrogen-bond acceptors (Lipinski definition) is 4. The first-order valence-electron chi connectivity index (χ1n) is 9.03. The molecule has 0 unspecified atom stereocenters. The smallest absolute Gasteiger partial charge is 0.252 e. The largest absolute Gasteiger partial charge is 0.486 e. The molecule has 1 amide bonds. The Kier molecular flexibility index (Phi) is 4.80. The van der Waals surface area contributed by atoms with Crippen molar-refractivity contribution in [3.63, 3.8) is 0 Å². The van der Waals surface area contributed by atoms with Crippen LogP contribution >= 0.6 is 0 Å². The lowest BCUT2D eigenvalue weighted by molar-refractivity contribution is 0.0926. The molecule has 2 aromatic carbocycles. The maximum atomic E-state index is 12.9. The lowest BCUT2D eigenvalue weighted by atomic mass is 10.00. The molecule has 0 bridgehead atoms. The zero-order valence-corrected chi connectivity index (χ0v) is 14.9. The number of carbonyl (C=O) groups excluding carboxylic acids is 1. The predicted molar refractivity (Wildman–Crippen MR) is 97.5 cm³/mol. The molecule has 0 radical (unpaired) electrons. The quantitative estimate of drug-likeness (QED) is 0.864. The minimum absolute atomic E-state index is 0.0195. The first kappa shape index (κ1) is 16.9. The summed E-state index contributed by atoms with van der Waals surface area (Å²) < 4.78 is 16.5. The Morgan fingerprint density at radius 1 is 1.15 bits per heavy atom. The Morgan fingerprint density at radius 3 is 2.69 bits per heavy atom. The molecule has 1 atom stereocenters. The number of benzene rings is 2. The van der Waals surface area contributed by atoms with Gasteiger partial charge in [-0.1, -0.05) is 24.3 Å². The van der Waals surface area contributed by atoms with Gasteiger partial charge in [0.05, 0.1) is 12.6 Å². The topological polar surface area (TPSA) is 56.8 Å². The number of carbonyl (C=O) groups is 1. The van der Waals surface area contributed by atoms with Crippen molar-refractivity contribution in [3.8, 4) is 11.5 Å². The van der Waals surface area contributed by atoms with Gasteiger partial charge in [0.1, 0.15) is 13.2 Å². The highest BCUT2D eigenvalue weighted by Gasteiger charge is 2.34. The molecule has 1 aliphatic carbocycles. The summed E-state index contributed by atoms with van der Waals surface area (Å²) in [5, 5.41) is 3.23. The summed E-state index contributed by atoms with van der Waals surface area (Å²) in [6.45, 7) is 1.55. The summed E-state index contributed by atoms with van der Waals surface area (Å²) >= 11 is 0. The molecule has 136 valence electrons. The first-order valence-corrected chi connectivity index (χ1v) is 9.03. The summed E-state index contributed by atoms with van der Waals surface area (Å²) in [5.41, 5.74) is 2.62. The third-order valence-electron chi connectivity index (χ3n) is 4.87. The summed E-state index contributed by atoms with van der Waals surface area (Å²) in [6.07, 6.45) is 2.25. The number of methoxy groups -OCH3 is 1. The second-order valence-corrected chi connectivity index (χ2v) is 6.78. The summed E-state index contributed by atoms with van der Waals surface area (Å²) in [6, 6.07) is 13.5. The third-order valence-corrected chi connectivity index (χ3v) is 4.87. The second-order valence-electron chi connectivity index (χ2n) is 6.78. The van der Waals surface area contributed by atoms with Crippen LogP contribution in [0.15, 0.2) is 42.5 Å². The van der Waals surface area contributed by atoms with Gasteiger partial charge < -0.3 is 19.5 Å². The van der Waals surface area contributed by atoms with E-state index in [4.69, 9.17) is 14.2 Å². The zero-order chi connectivity index (χ0) is 17.9. The Balaban J connectivity index is 1.57. The fourth-order valence-corrected chi connectivity index (χ4v) is 3.40. The summed E-state index contributed by atoms with van der Waals surface area (Å²) in [7, 11) is 1.64. The van der Waals surface area contributed by atoms with E-state index in [1.54, 1.807) is 7.11 Å². The van der Waals surface area contributed by atoms with Crippen LogP contribution < -0.4 is 14.8 Å². The summed E-state index contributed by atoms with van der Waals surface area (Å²) in [4.78, 5) is 12.9. The highest BCUT2D eigenvalue weighted by atomic mass is 16.6. The molecule has 1 fully saturated rings. The Bertz CT molecular complexity index is 800. The normalized spacial score (nSPS) is 16.8. The van der Waals surface area contributed by atoms with Crippen molar-refractivity contribution in [2.75, 3.05) is 20.3 Å². The number of amides is 1.